The van der Waals surface area contributed by atoms with Gasteiger partial charge in [-0.3, -0.25) is 0 Å². The smallest absolute Gasteiger partial charge is 0.132 e. The van der Waals surface area contributed by atoms with Crippen molar-refractivity contribution in [3.8, 4) is 0 Å². The number of nitrogen functional groups attached to an aromatic ring is 1. The fourth-order valence-corrected chi connectivity index (χ4v) is 1.39. The molecule has 2 aromatic rings. The van der Waals surface area contributed by atoms with Crippen LogP contribution in [-0.4, -0.2) is 19.5 Å². The Kier molecular flexibility index (Phi) is 2.37. The van der Waals surface area contributed by atoms with E-state index in [4.69, 9.17) is 5.73 Å². The molecule has 0 aliphatic rings. The van der Waals surface area contributed by atoms with E-state index in [9.17, 15) is 0 Å². The second-order valence-corrected chi connectivity index (χ2v) is 3.43. The van der Waals surface area contributed by atoms with Crippen LogP contribution >= 0.6 is 0 Å². The normalized spacial score (nSPS) is 10.5. The topological polar surface area (TPSA) is 69.6 Å². The minimum absolute atomic E-state index is 0.538. The van der Waals surface area contributed by atoms with Gasteiger partial charge in [-0.05, 0) is 13.8 Å². The lowest BCUT2D eigenvalue weighted by atomic mass is 10.3. The average Bonchev–Trinajstić information content (AvgIpc) is 2.57. The van der Waals surface area contributed by atoms with Gasteiger partial charge in [0.2, 0.25) is 0 Å². The molecule has 0 atom stereocenters. The Morgan fingerprint density at radius 3 is 2.73 bits per heavy atom. The summed E-state index contributed by atoms with van der Waals surface area (Å²) >= 11 is 0. The Morgan fingerprint density at radius 1 is 1.33 bits per heavy atom. The van der Waals surface area contributed by atoms with Gasteiger partial charge in [-0.15, -0.1) is 0 Å². The molecule has 0 aliphatic carbocycles. The van der Waals surface area contributed by atoms with Crippen LogP contribution in [0.3, 0.4) is 0 Å². The number of aromatic nitrogens is 4. The summed E-state index contributed by atoms with van der Waals surface area (Å²) in [5, 5.41) is 0. The molecule has 0 amide bonds. The number of nitrogens with zero attached hydrogens (tertiary/aromatic N) is 4. The Morgan fingerprint density at radius 2 is 2.13 bits per heavy atom. The molecule has 0 spiro atoms. The first-order valence-corrected chi connectivity index (χ1v) is 4.72. The van der Waals surface area contributed by atoms with Crippen molar-refractivity contribution in [2.24, 2.45) is 0 Å². The zero-order valence-electron chi connectivity index (χ0n) is 8.81. The number of nitrogens with two attached hydrogens (primary N) is 1. The molecule has 5 heteroatoms. The molecule has 0 saturated carbocycles. The largest absolute Gasteiger partial charge is 0.383 e. The second kappa shape index (κ2) is 3.68. The molecule has 2 rings (SSSR count). The van der Waals surface area contributed by atoms with Gasteiger partial charge in [-0.2, -0.15) is 0 Å². The van der Waals surface area contributed by atoms with E-state index in [1.54, 1.807) is 12.4 Å². The van der Waals surface area contributed by atoms with Gasteiger partial charge in [0.1, 0.15) is 17.5 Å². The number of anilines is 1. The maximum absolute atomic E-state index is 5.80. The number of hydrogen-bond donors (Lipinski definition) is 1. The highest BCUT2D eigenvalue weighted by Gasteiger charge is 2.04. The maximum Gasteiger partial charge on any atom is 0.132 e. The second-order valence-electron chi connectivity index (χ2n) is 3.43. The SMILES string of the molecule is Cc1ncc(Cn2ccnc2C)c(N)n1. The fourth-order valence-electron chi connectivity index (χ4n) is 1.39. The van der Waals surface area contributed by atoms with Crippen LogP contribution in [0.1, 0.15) is 17.2 Å². The zero-order valence-corrected chi connectivity index (χ0v) is 8.81. The molecule has 0 radical (unpaired) electrons. The highest BCUT2D eigenvalue weighted by molar-refractivity contribution is 5.37. The predicted molar refractivity (Wildman–Crippen MR) is 57.2 cm³/mol. The minimum atomic E-state index is 0.538. The van der Waals surface area contributed by atoms with Gasteiger partial charge < -0.3 is 10.3 Å². The van der Waals surface area contributed by atoms with Crippen LogP contribution in [0.2, 0.25) is 0 Å². The summed E-state index contributed by atoms with van der Waals surface area (Å²) in [5.41, 5.74) is 6.72. The van der Waals surface area contributed by atoms with Crippen molar-refractivity contribution in [1.82, 2.24) is 19.5 Å². The van der Waals surface area contributed by atoms with Crippen LogP contribution in [0, 0.1) is 13.8 Å². The quantitative estimate of drug-likeness (QED) is 0.788. The molecule has 0 saturated heterocycles. The molecule has 2 heterocycles. The molecular formula is C10H13N5. The van der Waals surface area contributed by atoms with Crippen LogP contribution in [0.4, 0.5) is 5.82 Å². The lowest BCUT2D eigenvalue weighted by Gasteiger charge is -2.07. The van der Waals surface area contributed by atoms with Crippen LogP contribution < -0.4 is 5.73 Å². The monoisotopic (exact) mass is 203 g/mol. The van der Waals surface area contributed by atoms with Gasteiger partial charge in [-0.25, -0.2) is 15.0 Å². The molecule has 2 aromatic heterocycles. The van der Waals surface area contributed by atoms with Gasteiger partial charge in [0.15, 0.2) is 0 Å². The number of rotatable bonds is 2. The van der Waals surface area contributed by atoms with Gasteiger partial charge in [0.25, 0.3) is 0 Å². The Hall–Kier alpha value is -1.91. The first-order chi connectivity index (χ1) is 7.16. The fraction of sp³-hybridized carbons (Fsp3) is 0.300. The Bertz CT molecular complexity index is 474. The first-order valence-electron chi connectivity index (χ1n) is 4.72. The zero-order chi connectivity index (χ0) is 10.8. The van der Waals surface area contributed by atoms with E-state index in [1.165, 1.54) is 0 Å². The third kappa shape index (κ3) is 1.96. The Balaban J connectivity index is 2.29. The van der Waals surface area contributed by atoms with Gasteiger partial charge in [0.05, 0.1) is 6.54 Å². The van der Waals surface area contributed by atoms with Crippen molar-refractivity contribution in [2.45, 2.75) is 20.4 Å². The van der Waals surface area contributed by atoms with Crippen molar-refractivity contribution in [3.63, 3.8) is 0 Å². The van der Waals surface area contributed by atoms with E-state index in [1.807, 2.05) is 24.6 Å². The van der Waals surface area contributed by atoms with Crippen molar-refractivity contribution in [3.05, 3.63) is 35.8 Å². The average molecular weight is 203 g/mol. The van der Waals surface area contributed by atoms with Crippen molar-refractivity contribution < 1.29 is 0 Å². The summed E-state index contributed by atoms with van der Waals surface area (Å²) in [6.45, 7) is 4.44. The Labute approximate surface area is 88.0 Å². The summed E-state index contributed by atoms with van der Waals surface area (Å²) in [6, 6.07) is 0. The van der Waals surface area contributed by atoms with Crippen molar-refractivity contribution in [2.75, 3.05) is 5.73 Å². The molecular weight excluding hydrogens is 190 g/mol. The predicted octanol–water partition coefficient (Wildman–Crippen LogP) is 0.920. The van der Waals surface area contributed by atoms with E-state index in [2.05, 4.69) is 15.0 Å². The minimum Gasteiger partial charge on any atom is -0.383 e. The van der Waals surface area contributed by atoms with Crippen LogP contribution in [0.5, 0.6) is 0 Å². The van der Waals surface area contributed by atoms with E-state index in [0.717, 1.165) is 11.4 Å². The number of imidazole rings is 1. The summed E-state index contributed by atoms with van der Waals surface area (Å²) in [7, 11) is 0. The lowest BCUT2D eigenvalue weighted by Crippen LogP contribution is -2.07. The standard InChI is InChI=1S/C10H13N5/c1-7-13-5-9(10(11)14-7)6-15-4-3-12-8(15)2/h3-5H,6H2,1-2H3,(H2,11,13,14). The summed E-state index contributed by atoms with van der Waals surface area (Å²) in [5.74, 6) is 2.18. The number of aryl methyl sites for hydroxylation is 2. The number of hydrogen-bond acceptors (Lipinski definition) is 4. The molecule has 0 aromatic carbocycles. The molecule has 0 bridgehead atoms. The molecule has 2 N–H and O–H groups in total. The van der Waals surface area contributed by atoms with E-state index in [-0.39, 0.29) is 0 Å². The molecule has 5 nitrogen and oxygen atoms in total. The lowest BCUT2D eigenvalue weighted by molar-refractivity contribution is 0.755. The first kappa shape index (κ1) is 9.64. The van der Waals surface area contributed by atoms with E-state index in [0.29, 0.717) is 18.2 Å². The summed E-state index contributed by atoms with van der Waals surface area (Å²) in [4.78, 5) is 12.4. The molecule has 78 valence electrons. The maximum atomic E-state index is 5.80. The molecule has 0 unspecified atom stereocenters. The van der Waals surface area contributed by atoms with Gasteiger partial charge in [-0.1, -0.05) is 0 Å². The third-order valence-electron chi connectivity index (χ3n) is 2.28. The van der Waals surface area contributed by atoms with E-state index >= 15 is 0 Å². The van der Waals surface area contributed by atoms with Crippen LogP contribution in [-0.2, 0) is 6.54 Å². The van der Waals surface area contributed by atoms with Crippen LogP contribution in [0.25, 0.3) is 0 Å². The molecule has 15 heavy (non-hydrogen) atoms. The molecule has 0 fully saturated rings. The summed E-state index contributed by atoms with van der Waals surface area (Å²) in [6.07, 6.45) is 5.44. The summed E-state index contributed by atoms with van der Waals surface area (Å²) < 4.78 is 2.00. The van der Waals surface area contributed by atoms with Gasteiger partial charge >= 0.3 is 0 Å². The highest BCUT2D eigenvalue weighted by Crippen LogP contribution is 2.10. The van der Waals surface area contributed by atoms with Crippen molar-refractivity contribution in [1.29, 1.82) is 0 Å². The highest BCUT2D eigenvalue weighted by atomic mass is 15.1. The third-order valence-corrected chi connectivity index (χ3v) is 2.28. The van der Waals surface area contributed by atoms with Crippen LogP contribution in [0.15, 0.2) is 18.6 Å². The van der Waals surface area contributed by atoms with Gasteiger partial charge in [0, 0.05) is 24.2 Å². The van der Waals surface area contributed by atoms with E-state index < -0.39 is 0 Å². The molecule has 0 aliphatic heterocycles. The van der Waals surface area contributed by atoms with Crippen molar-refractivity contribution >= 4 is 5.82 Å².